The normalized spacial score (nSPS) is 17.1. The number of carbonyl (C=O) groups excluding carboxylic acids is 2. The molecule has 0 saturated carbocycles. The third-order valence-corrected chi connectivity index (χ3v) is 4.89. The summed E-state index contributed by atoms with van der Waals surface area (Å²) in [5.74, 6) is -0.410. The van der Waals surface area contributed by atoms with E-state index >= 15 is 0 Å². The molecule has 0 bridgehead atoms. The molecule has 0 spiro atoms. The van der Waals surface area contributed by atoms with Gasteiger partial charge in [0.1, 0.15) is 6.04 Å². The molecule has 4 nitrogen and oxygen atoms in total. The van der Waals surface area contributed by atoms with Crippen molar-refractivity contribution in [1.82, 2.24) is 10.2 Å². The summed E-state index contributed by atoms with van der Waals surface area (Å²) < 4.78 is 0. The minimum atomic E-state index is -0.502. The van der Waals surface area contributed by atoms with Crippen molar-refractivity contribution in [1.29, 1.82) is 0 Å². The smallest absolute Gasteiger partial charge is 0.245 e. The van der Waals surface area contributed by atoms with Gasteiger partial charge in [0.05, 0.1) is 0 Å². The average Bonchev–Trinajstić information content (AvgIpc) is 2.95. The summed E-state index contributed by atoms with van der Waals surface area (Å²) in [6.45, 7) is 1.18. The molecule has 134 valence electrons. The molecular weight excluding hydrogens is 371 g/mol. The third kappa shape index (κ3) is 4.45. The van der Waals surface area contributed by atoms with Gasteiger partial charge in [0.25, 0.3) is 0 Å². The van der Waals surface area contributed by atoms with Crippen molar-refractivity contribution >= 4 is 41.1 Å². The summed E-state index contributed by atoms with van der Waals surface area (Å²) in [4.78, 5) is 26.4. The van der Waals surface area contributed by atoms with E-state index in [0.717, 1.165) is 5.56 Å². The first-order valence-corrected chi connectivity index (χ1v) is 9.05. The van der Waals surface area contributed by atoms with Crippen molar-refractivity contribution < 1.29 is 9.59 Å². The van der Waals surface area contributed by atoms with Crippen LogP contribution in [0.15, 0.2) is 54.6 Å². The van der Waals surface area contributed by atoms with E-state index in [1.807, 2.05) is 30.3 Å². The Morgan fingerprint density at radius 3 is 2.50 bits per heavy atom. The van der Waals surface area contributed by atoms with Gasteiger partial charge in [0, 0.05) is 34.8 Å². The summed E-state index contributed by atoms with van der Waals surface area (Å²) in [6.07, 6.45) is 3.50. The molecule has 1 N–H and O–H groups in total. The minimum Gasteiger partial charge on any atom is -0.341 e. The first-order chi connectivity index (χ1) is 12.5. The van der Waals surface area contributed by atoms with Gasteiger partial charge >= 0.3 is 0 Å². The molecule has 6 heteroatoms. The van der Waals surface area contributed by atoms with E-state index < -0.39 is 6.04 Å². The van der Waals surface area contributed by atoms with Crippen molar-refractivity contribution in [3.05, 3.63) is 75.8 Å². The van der Waals surface area contributed by atoms with Gasteiger partial charge in [-0.25, -0.2) is 0 Å². The van der Waals surface area contributed by atoms with Crippen LogP contribution in [0.25, 0.3) is 6.08 Å². The number of nitrogens with zero attached hydrogens (tertiary/aromatic N) is 1. The van der Waals surface area contributed by atoms with Crippen LogP contribution < -0.4 is 5.32 Å². The second kappa shape index (κ2) is 8.39. The van der Waals surface area contributed by atoms with Crippen molar-refractivity contribution in [2.45, 2.75) is 19.0 Å². The van der Waals surface area contributed by atoms with Crippen LogP contribution in [-0.2, 0) is 16.1 Å². The number of amides is 2. The van der Waals surface area contributed by atoms with Gasteiger partial charge < -0.3 is 10.2 Å². The monoisotopic (exact) mass is 388 g/mol. The molecule has 2 amide bonds. The summed E-state index contributed by atoms with van der Waals surface area (Å²) in [5, 5.41) is 3.68. The van der Waals surface area contributed by atoms with Crippen molar-refractivity contribution in [2.75, 3.05) is 6.54 Å². The maximum Gasteiger partial charge on any atom is 0.245 e. The Morgan fingerprint density at radius 1 is 1.12 bits per heavy atom. The average molecular weight is 389 g/mol. The highest BCUT2D eigenvalue weighted by Gasteiger charge is 2.32. The second-order valence-electron chi connectivity index (χ2n) is 6.06. The lowest BCUT2D eigenvalue weighted by molar-refractivity contribution is -0.132. The lowest BCUT2D eigenvalue weighted by Gasteiger charge is -2.17. The zero-order chi connectivity index (χ0) is 18.5. The Hall–Kier alpha value is -2.30. The van der Waals surface area contributed by atoms with Gasteiger partial charge in [-0.05, 0) is 30.2 Å². The molecule has 0 radical (unpaired) electrons. The summed E-state index contributed by atoms with van der Waals surface area (Å²) in [7, 11) is 0. The first-order valence-electron chi connectivity index (χ1n) is 8.30. The van der Waals surface area contributed by atoms with Gasteiger partial charge in [0.15, 0.2) is 0 Å². The number of hydrogen-bond acceptors (Lipinski definition) is 2. The van der Waals surface area contributed by atoms with Crippen LogP contribution in [0.4, 0.5) is 0 Å². The first kappa shape index (κ1) is 18.5. The van der Waals surface area contributed by atoms with Gasteiger partial charge in [-0.2, -0.15) is 0 Å². The Balaban J connectivity index is 1.58. The van der Waals surface area contributed by atoms with E-state index in [1.54, 1.807) is 29.2 Å². The largest absolute Gasteiger partial charge is 0.341 e. The molecule has 2 aromatic rings. The molecule has 1 heterocycles. The summed E-state index contributed by atoms with van der Waals surface area (Å²) >= 11 is 12.1. The number of halogens is 2. The van der Waals surface area contributed by atoms with Crippen LogP contribution in [0.3, 0.4) is 0 Å². The van der Waals surface area contributed by atoms with Crippen LogP contribution in [0.2, 0.25) is 10.0 Å². The molecule has 3 rings (SSSR count). The quantitative estimate of drug-likeness (QED) is 0.788. The maximum absolute atomic E-state index is 12.5. The molecule has 0 aliphatic carbocycles. The fourth-order valence-corrected chi connectivity index (χ4v) is 3.41. The molecule has 1 atom stereocenters. The van der Waals surface area contributed by atoms with Gasteiger partial charge in [-0.1, -0.05) is 59.6 Å². The number of carbonyl (C=O) groups is 2. The van der Waals surface area contributed by atoms with Crippen LogP contribution in [-0.4, -0.2) is 29.3 Å². The highest BCUT2D eigenvalue weighted by atomic mass is 35.5. The Labute approximate surface area is 162 Å². The number of hydrogen-bond donors (Lipinski definition) is 1. The zero-order valence-electron chi connectivity index (χ0n) is 14.0. The van der Waals surface area contributed by atoms with Crippen molar-refractivity contribution in [3.8, 4) is 0 Å². The number of benzene rings is 2. The van der Waals surface area contributed by atoms with E-state index in [1.165, 1.54) is 6.08 Å². The van der Waals surface area contributed by atoms with E-state index in [0.29, 0.717) is 35.1 Å². The van der Waals surface area contributed by atoms with Crippen LogP contribution in [0.1, 0.15) is 17.5 Å². The fourth-order valence-electron chi connectivity index (χ4n) is 2.88. The van der Waals surface area contributed by atoms with E-state index in [9.17, 15) is 9.59 Å². The van der Waals surface area contributed by atoms with Crippen molar-refractivity contribution in [3.63, 3.8) is 0 Å². The van der Waals surface area contributed by atoms with Gasteiger partial charge in [-0.15, -0.1) is 0 Å². The van der Waals surface area contributed by atoms with Crippen molar-refractivity contribution in [2.24, 2.45) is 0 Å². The highest BCUT2D eigenvalue weighted by molar-refractivity contribution is 6.37. The predicted molar refractivity (Wildman–Crippen MR) is 104 cm³/mol. The summed E-state index contributed by atoms with van der Waals surface area (Å²) in [5.41, 5.74) is 1.65. The topological polar surface area (TPSA) is 49.4 Å². The van der Waals surface area contributed by atoms with Gasteiger partial charge in [-0.3, -0.25) is 9.59 Å². The fraction of sp³-hybridized carbons (Fsp3) is 0.200. The number of likely N-dealkylation sites (tertiary alicyclic amines) is 1. The van der Waals surface area contributed by atoms with Crippen LogP contribution in [0.5, 0.6) is 0 Å². The highest BCUT2D eigenvalue weighted by Crippen LogP contribution is 2.25. The van der Waals surface area contributed by atoms with Crippen LogP contribution >= 0.6 is 23.2 Å². The number of rotatable bonds is 5. The lowest BCUT2D eigenvalue weighted by Crippen LogP contribution is -2.40. The molecule has 1 aliphatic heterocycles. The summed E-state index contributed by atoms with van der Waals surface area (Å²) in [6, 6.07) is 14.4. The van der Waals surface area contributed by atoms with Gasteiger partial charge in [0.2, 0.25) is 11.8 Å². The Morgan fingerprint density at radius 2 is 1.81 bits per heavy atom. The Kier molecular flexibility index (Phi) is 5.96. The van der Waals surface area contributed by atoms with E-state index in [2.05, 4.69) is 5.32 Å². The minimum absolute atomic E-state index is 0.0635. The van der Waals surface area contributed by atoms with E-state index in [4.69, 9.17) is 23.2 Å². The Bertz CT molecular complexity index is 817. The molecule has 1 saturated heterocycles. The third-order valence-electron chi connectivity index (χ3n) is 4.23. The molecule has 2 aromatic carbocycles. The molecule has 1 aliphatic rings. The maximum atomic E-state index is 12.5. The predicted octanol–water partition coefficient (Wildman–Crippen LogP) is 3.92. The molecule has 26 heavy (non-hydrogen) atoms. The second-order valence-corrected chi connectivity index (χ2v) is 6.88. The molecular formula is C20H18Cl2N2O2. The zero-order valence-corrected chi connectivity index (χ0v) is 15.5. The SMILES string of the molecule is O=C(/C=C/c1c(Cl)cccc1Cl)N[C@@H]1CCN(Cc2ccccc2)C1=O. The van der Waals surface area contributed by atoms with Crippen LogP contribution in [0, 0.1) is 0 Å². The number of nitrogens with one attached hydrogen (secondary N) is 1. The molecule has 0 unspecified atom stereocenters. The molecule has 0 aromatic heterocycles. The molecule has 1 fully saturated rings. The standard InChI is InChI=1S/C20H18Cl2N2O2/c21-16-7-4-8-17(22)15(16)9-10-19(25)23-18-11-12-24(20(18)26)13-14-5-2-1-3-6-14/h1-10,18H,11-13H2,(H,23,25)/b10-9+/t18-/m1/s1. The lowest BCUT2D eigenvalue weighted by atomic mass is 10.2. The van der Waals surface area contributed by atoms with E-state index in [-0.39, 0.29) is 11.8 Å².